The Balaban J connectivity index is 2.12. The van der Waals surface area contributed by atoms with E-state index in [1.807, 2.05) is 43.7 Å². The summed E-state index contributed by atoms with van der Waals surface area (Å²) in [6.45, 7) is 4.71. The van der Waals surface area contributed by atoms with Crippen LogP contribution in [0, 0.1) is 5.41 Å². The van der Waals surface area contributed by atoms with Crippen LogP contribution in [0.15, 0.2) is 18.2 Å². The number of imidazole rings is 1. The van der Waals surface area contributed by atoms with Crippen molar-refractivity contribution in [1.82, 2.24) is 14.5 Å². The molecule has 1 aliphatic heterocycles. The van der Waals surface area contributed by atoms with Crippen molar-refractivity contribution in [3.8, 4) is 0 Å². The van der Waals surface area contributed by atoms with Crippen LogP contribution in [0.1, 0.15) is 31.9 Å². The number of carbonyl (C=O) groups excluding carboxylic acids is 1. The molecule has 0 aliphatic carbocycles. The molecule has 1 aliphatic rings. The van der Waals surface area contributed by atoms with Crippen LogP contribution in [0.2, 0.25) is 0 Å². The average Bonchev–Trinajstić information content (AvgIpc) is 2.94. The van der Waals surface area contributed by atoms with Gasteiger partial charge in [-0.1, -0.05) is 12.1 Å². The van der Waals surface area contributed by atoms with Crippen molar-refractivity contribution >= 4 is 22.9 Å². The number of anilines is 1. The third-order valence-electron chi connectivity index (χ3n) is 4.92. The Morgan fingerprint density at radius 1 is 1.43 bits per heavy atom. The first-order valence-electron chi connectivity index (χ1n) is 7.99. The van der Waals surface area contributed by atoms with Crippen molar-refractivity contribution in [3.05, 3.63) is 23.8 Å². The van der Waals surface area contributed by atoms with Crippen LogP contribution in [0.5, 0.6) is 0 Å². The molecule has 1 aromatic carbocycles. The van der Waals surface area contributed by atoms with E-state index in [1.165, 1.54) is 0 Å². The van der Waals surface area contributed by atoms with Crippen molar-refractivity contribution in [2.45, 2.75) is 32.7 Å². The summed E-state index contributed by atoms with van der Waals surface area (Å²) < 4.78 is 2.00. The highest BCUT2D eigenvalue weighted by atomic mass is 16.2. The quantitative estimate of drug-likeness (QED) is 0.897. The van der Waals surface area contributed by atoms with Crippen molar-refractivity contribution in [2.24, 2.45) is 5.41 Å². The minimum absolute atomic E-state index is 0.0434. The highest BCUT2D eigenvalue weighted by Gasteiger charge is 2.47. The molecule has 1 amide bonds. The maximum atomic E-state index is 12.4. The SMILES string of the molecule is CN1CC(n2c(N)nc3c(CCCO)cccc32)C(C)(C)C1=O. The zero-order valence-corrected chi connectivity index (χ0v) is 13.9. The number of aliphatic hydroxyl groups excluding tert-OH is 1. The van der Waals surface area contributed by atoms with Crippen LogP contribution in [0.25, 0.3) is 11.0 Å². The second-order valence-corrected chi connectivity index (χ2v) is 6.88. The first kappa shape index (κ1) is 15.8. The van der Waals surface area contributed by atoms with E-state index in [1.54, 1.807) is 4.90 Å². The molecular weight excluding hydrogens is 292 g/mol. The summed E-state index contributed by atoms with van der Waals surface area (Å²) in [5.74, 6) is 0.567. The van der Waals surface area contributed by atoms with Gasteiger partial charge in [0.1, 0.15) is 0 Å². The van der Waals surface area contributed by atoms with Crippen LogP contribution >= 0.6 is 0 Å². The molecule has 0 spiro atoms. The lowest BCUT2D eigenvalue weighted by atomic mass is 9.86. The van der Waals surface area contributed by atoms with E-state index in [0.29, 0.717) is 18.9 Å². The van der Waals surface area contributed by atoms with Crippen molar-refractivity contribution in [2.75, 3.05) is 25.9 Å². The summed E-state index contributed by atoms with van der Waals surface area (Å²) in [6.07, 6.45) is 1.46. The molecule has 1 saturated heterocycles. The summed E-state index contributed by atoms with van der Waals surface area (Å²) in [7, 11) is 1.83. The van der Waals surface area contributed by atoms with Crippen LogP contribution in [-0.2, 0) is 11.2 Å². The van der Waals surface area contributed by atoms with E-state index >= 15 is 0 Å². The predicted molar refractivity (Wildman–Crippen MR) is 90.0 cm³/mol. The van der Waals surface area contributed by atoms with E-state index in [0.717, 1.165) is 23.0 Å². The minimum atomic E-state index is -0.516. The summed E-state index contributed by atoms with van der Waals surface area (Å²) in [5, 5.41) is 9.07. The van der Waals surface area contributed by atoms with Gasteiger partial charge < -0.3 is 20.3 Å². The van der Waals surface area contributed by atoms with E-state index in [2.05, 4.69) is 4.98 Å². The number of amides is 1. The Bertz CT molecular complexity index is 750. The molecule has 1 fully saturated rings. The minimum Gasteiger partial charge on any atom is -0.396 e. The van der Waals surface area contributed by atoms with Crippen molar-refractivity contribution in [3.63, 3.8) is 0 Å². The van der Waals surface area contributed by atoms with Crippen LogP contribution < -0.4 is 5.73 Å². The summed E-state index contributed by atoms with van der Waals surface area (Å²) in [6, 6.07) is 5.96. The normalized spacial score (nSPS) is 20.6. The number of aromatic nitrogens is 2. The summed E-state index contributed by atoms with van der Waals surface area (Å²) >= 11 is 0. The number of fused-ring (bicyclic) bond motifs is 1. The maximum Gasteiger partial charge on any atom is 0.230 e. The Kier molecular flexibility index (Phi) is 3.80. The first-order valence-corrected chi connectivity index (χ1v) is 7.99. The molecule has 1 atom stereocenters. The van der Waals surface area contributed by atoms with Gasteiger partial charge >= 0.3 is 0 Å². The number of nitrogen functional groups attached to an aromatic ring is 1. The first-order chi connectivity index (χ1) is 10.9. The molecule has 2 aromatic rings. The maximum absolute atomic E-state index is 12.4. The van der Waals surface area contributed by atoms with Gasteiger partial charge in [-0.15, -0.1) is 0 Å². The molecule has 0 saturated carbocycles. The van der Waals surface area contributed by atoms with Gasteiger partial charge in [-0.05, 0) is 38.3 Å². The molecule has 0 bridgehead atoms. The predicted octanol–water partition coefficient (Wildman–Crippen LogP) is 1.58. The zero-order valence-electron chi connectivity index (χ0n) is 13.9. The Hall–Kier alpha value is -2.08. The lowest BCUT2D eigenvalue weighted by Crippen LogP contribution is -2.31. The summed E-state index contributed by atoms with van der Waals surface area (Å²) in [4.78, 5) is 18.7. The third-order valence-corrected chi connectivity index (χ3v) is 4.92. The topological polar surface area (TPSA) is 84.4 Å². The lowest BCUT2D eigenvalue weighted by molar-refractivity contribution is -0.133. The van der Waals surface area contributed by atoms with Crippen LogP contribution in [0.4, 0.5) is 5.95 Å². The number of aliphatic hydroxyl groups is 1. The number of nitrogens with zero attached hydrogens (tertiary/aromatic N) is 3. The Morgan fingerprint density at radius 3 is 2.78 bits per heavy atom. The van der Waals surface area contributed by atoms with E-state index in [9.17, 15) is 4.79 Å². The number of para-hydroxylation sites is 1. The molecule has 6 heteroatoms. The van der Waals surface area contributed by atoms with Gasteiger partial charge in [0.25, 0.3) is 0 Å². The Labute approximate surface area is 135 Å². The van der Waals surface area contributed by atoms with Gasteiger partial charge in [-0.3, -0.25) is 4.79 Å². The molecule has 124 valence electrons. The van der Waals surface area contributed by atoms with Gasteiger partial charge in [-0.25, -0.2) is 4.98 Å². The molecule has 1 unspecified atom stereocenters. The Morgan fingerprint density at radius 2 is 2.17 bits per heavy atom. The highest BCUT2D eigenvalue weighted by molar-refractivity contribution is 5.87. The fraction of sp³-hybridized carbons (Fsp3) is 0.529. The van der Waals surface area contributed by atoms with E-state index in [-0.39, 0.29) is 18.6 Å². The van der Waals surface area contributed by atoms with Gasteiger partial charge in [-0.2, -0.15) is 0 Å². The number of benzene rings is 1. The van der Waals surface area contributed by atoms with Crippen LogP contribution in [-0.4, -0.2) is 45.7 Å². The average molecular weight is 316 g/mol. The molecule has 1 aromatic heterocycles. The molecule has 3 rings (SSSR count). The number of likely N-dealkylation sites (N-methyl/N-ethyl adjacent to an activating group) is 1. The monoisotopic (exact) mass is 316 g/mol. The van der Waals surface area contributed by atoms with E-state index < -0.39 is 5.41 Å². The standard InChI is InChI=1S/C17H24N4O2/c1-17(2)13(10-20(3)15(17)23)21-12-8-4-6-11(7-5-9-22)14(12)19-16(21)18/h4,6,8,13,22H,5,7,9-10H2,1-3H3,(H2,18,19). The van der Waals surface area contributed by atoms with Gasteiger partial charge in [0.2, 0.25) is 11.9 Å². The molecular formula is C17H24N4O2. The smallest absolute Gasteiger partial charge is 0.230 e. The molecule has 23 heavy (non-hydrogen) atoms. The number of nitrogens with two attached hydrogens (primary N) is 1. The zero-order chi connectivity index (χ0) is 16.8. The third kappa shape index (κ3) is 2.37. The fourth-order valence-corrected chi connectivity index (χ4v) is 3.60. The van der Waals surface area contributed by atoms with Gasteiger partial charge in [0.05, 0.1) is 22.5 Å². The molecule has 3 N–H and O–H groups in total. The number of hydrogen-bond acceptors (Lipinski definition) is 4. The largest absolute Gasteiger partial charge is 0.396 e. The van der Waals surface area contributed by atoms with Gasteiger partial charge in [0, 0.05) is 20.2 Å². The molecule has 6 nitrogen and oxygen atoms in total. The van der Waals surface area contributed by atoms with E-state index in [4.69, 9.17) is 10.8 Å². The number of carbonyl (C=O) groups is 1. The molecule has 2 heterocycles. The molecule has 0 radical (unpaired) electrons. The number of rotatable bonds is 4. The van der Waals surface area contributed by atoms with Crippen molar-refractivity contribution in [1.29, 1.82) is 0 Å². The lowest BCUT2D eigenvalue weighted by Gasteiger charge is -2.26. The highest BCUT2D eigenvalue weighted by Crippen LogP contribution is 2.42. The fourth-order valence-electron chi connectivity index (χ4n) is 3.60. The second-order valence-electron chi connectivity index (χ2n) is 6.88. The number of hydrogen-bond donors (Lipinski definition) is 2. The second kappa shape index (κ2) is 5.53. The van der Waals surface area contributed by atoms with Crippen LogP contribution in [0.3, 0.4) is 0 Å². The number of likely N-dealkylation sites (tertiary alicyclic amines) is 1. The number of aryl methyl sites for hydroxylation is 1. The summed E-state index contributed by atoms with van der Waals surface area (Å²) in [5.41, 5.74) is 8.61. The van der Waals surface area contributed by atoms with Crippen molar-refractivity contribution < 1.29 is 9.90 Å². The van der Waals surface area contributed by atoms with Gasteiger partial charge in [0.15, 0.2) is 0 Å².